The van der Waals surface area contributed by atoms with Crippen LogP contribution in [0, 0.1) is 17.8 Å². The standard InChI is InChI=1S/C12H18O3/c1-7(2)3-4-8-5-9-6-15-12(14)10(9)11(8)13/h3,8-11,13H,4-6H2,1-2H3/t8-,9+,10+,11+/m1/s1. The van der Waals surface area contributed by atoms with Crippen LogP contribution < -0.4 is 0 Å². The summed E-state index contributed by atoms with van der Waals surface area (Å²) in [5, 5.41) is 10.0. The van der Waals surface area contributed by atoms with E-state index < -0.39 is 6.10 Å². The summed E-state index contributed by atoms with van der Waals surface area (Å²) in [6, 6.07) is 0. The first kappa shape index (κ1) is 10.7. The van der Waals surface area contributed by atoms with Gasteiger partial charge in [-0.05, 0) is 32.6 Å². The molecular weight excluding hydrogens is 192 g/mol. The number of cyclic esters (lactones) is 1. The molecule has 0 bridgehead atoms. The van der Waals surface area contributed by atoms with Crippen LogP contribution in [0.2, 0.25) is 0 Å². The van der Waals surface area contributed by atoms with E-state index in [2.05, 4.69) is 19.9 Å². The molecule has 3 nitrogen and oxygen atoms in total. The minimum Gasteiger partial charge on any atom is -0.465 e. The summed E-state index contributed by atoms with van der Waals surface area (Å²) in [5.74, 6) is 0.0403. The molecule has 1 aliphatic heterocycles. The highest BCUT2D eigenvalue weighted by atomic mass is 16.5. The van der Waals surface area contributed by atoms with Crippen LogP contribution in [-0.2, 0) is 9.53 Å². The molecule has 0 unspecified atom stereocenters. The van der Waals surface area contributed by atoms with Crippen molar-refractivity contribution in [2.45, 2.75) is 32.8 Å². The fourth-order valence-electron chi connectivity index (χ4n) is 2.66. The van der Waals surface area contributed by atoms with E-state index in [0.717, 1.165) is 12.8 Å². The van der Waals surface area contributed by atoms with Crippen molar-refractivity contribution in [3.63, 3.8) is 0 Å². The van der Waals surface area contributed by atoms with Gasteiger partial charge in [-0.3, -0.25) is 4.79 Å². The number of fused-ring (bicyclic) bond motifs is 1. The third-order valence-corrected chi connectivity index (χ3v) is 3.50. The van der Waals surface area contributed by atoms with E-state index in [1.807, 2.05) is 0 Å². The maximum absolute atomic E-state index is 11.4. The van der Waals surface area contributed by atoms with Crippen molar-refractivity contribution in [2.24, 2.45) is 17.8 Å². The summed E-state index contributed by atoms with van der Waals surface area (Å²) in [6.07, 6.45) is 3.44. The lowest BCUT2D eigenvalue weighted by molar-refractivity contribution is -0.144. The predicted molar refractivity (Wildman–Crippen MR) is 56.1 cm³/mol. The number of aliphatic hydroxyl groups excluding tert-OH is 1. The molecule has 2 rings (SSSR count). The monoisotopic (exact) mass is 210 g/mol. The Labute approximate surface area is 90.1 Å². The lowest BCUT2D eigenvalue weighted by atomic mass is 9.97. The van der Waals surface area contributed by atoms with Gasteiger partial charge in [0.15, 0.2) is 0 Å². The van der Waals surface area contributed by atoms with Gasteiger partial charge >= 0.3 is 5.97 Å². The molecule has 0 spiro atoms. The molecule has 1 N–H and O–H groups in total. The molecule has 0 aromatic heterocycles. The number of carbonyl (C=O) groups excluding carboxylic acids is 1. The number of hydrogen-bond acceptors (Lipinski definition) is 3. The second-order valence-electron chi connectivity index (χ2n) is 4.92. The van der Waals surface area contributed by atoms with Gasteiger partial charge in [0, 0.05) is 5.92 Å². The molecule has 0 radical (unpaired) electrons. The van der Waals surface area contributed by atoms with Gasteiger partial charge in [-0.25, -0.2) is 0 Å². The Morgan fingerprint density at radius 3 is 2.93 bits per heavy atom. The van der Waals surface area contributed by atoms with Crippen molar-refractivity contribution < 1.29 is 14.6 Å². The second-order valence-corrected chi connectivity index (χ2v) is 4.92. The Morgan fingerprint density at radius 1 is 1.60 bits per heavy atom. The molecule has 1 saturated heterocycles. The van der Waals surface area contributed by atoms with Crippen molar-refractivity contribution in [1.82, 2.24) is 0 Å². The van der Waals surface area contributed by atoms with Crippen molar-refractivity contribution in [3.05, 3.63) is 11.6 Å². The van der Waals surface area contributed by atoms with E-state index in [-0.39, 0.29) is 23.7 Å². The summed E-state index contributed by atoms with van der Waals surface area (Å²) >= 11 is 0. The van der Waals surface area contributed by atoms with Gasteiger partial charge in [-0.15, -0.1) is 0 Å². The zero-order chi connectivity index (χ0) is 11.0. The Hall–Kier alpha value is -0.830. The van der Waals surface area contributed by atoms with Crippen molar-refractivity contribution in [2.75, 3.05) is 6.61 Å². The van der Waals surface area contributed by atoms with Crippen LogP contribution in [0.5, 0.6) is 0 Å². The highest BCUT2D eigenvalue weighted by Crippen LogP contribution is 2.42. The summed E-state index contributed by atoms with van der Waals surface area (Å²) in [7, 11) is 0. The minimum absolute atomic E-state index is 0.202. The average molecular weight is 210 g/mol. The zero-order valence-electron chi connectivity index (χ0n) is 9.27. The van der Waals surface area contributed by atoms with E-state index in [1.165, 1.54) is 5.57 Å². The molecule has 0 amide bonds. The zero-order valence-corrected chi connectivity index (χ0v) is 9.27. The van der Waals surface area contributed by atoms with Crippen LogP contribution in [0.1, 0.15) is 26.7 Å². The molecule has 0 aromatic carbocycles. The highest BCUT2D eigenvalue weighted by Gasteiger charge is 2.50. The largest absolute Gasteiger partial charge is 0.465 e. The average Bonchev–Trinajstić information content (AvgIpc) is 2.66. The van der Waals surface area contributed by atoms with Crippen LogP contribution in [-0.4, -0.2) is 23.8 Å². The summed E-state index contributed by atoms with van der Waals surface area (Å²) in [5.41, 5.74) is 1.27. The summed E-state index contributed by atoms with van der Waals surface area (Å²) in [4.78, 5) is 11.4. The molecule has 4 atom stereocenters. The Bertz CT molecular complexity index is 291. The normalized spacial score (nSPS) is 38.7. The number of hydrogen-bond donors (Lipinski definition) is 1. The quantitative estimate of drug-likeness (QED) is 0.555. The fourth-order valence-corrected chi connectivity index (χ4v) is 2.66. The van der Waals surface area contributed by atoms with E-state index in [0.29, 0.717) is 6.61 Å². The first-order valence-corrected chi connectivity index (χ1v) is 5.57. The van der Waals surface area contributed by atoms with Gasteiger partial charge in [0.25, 0.3) is 0 Å². The molecule has 84 valence electrons. The first-order chi connectivity index (χ1) is 7.09. The van der Waals surface area contributed by atoms with Gasteiger partial charge in [0.2, 0.25) is 0 Å². The van der Waals surface area contributed by atoms with E-state index >= 15 is 0 Å². The number of ether oxygens (including phenoxy) is 1. The molecule has 2 fully saturated rings. The third-order valence-electron chi connectivity index (χ3n) is 3.50. The van der Waals surface area contributed by atoms with Gasteiger partial charge in [-0.1, -0.05) is 11.6 Å². The van der Waals surface area contributed by atoms with Crippen molar-refractivity contribution >= 4 is 5.97 Å². The highest BCUT2D eigenvalue weighted by molar-refractivity contribution is 5.76. The van der Waals surface area contributed by atoms with E-state index in [9.17, 15) is 9.90 Å². The summed E-state index contributed by atoms with van der Waals surface area (Å²) < 4.78 is 4.95. The third kappa shape index (κ3) is 1.93. The molecule has 1 heterocycles. The van der Waals surface area contributed by atoms with Crippen molar-refractivity contribution in [1.29, 1.82) is 0 Å². The van der Waals surface area contributed by atoms with Gasteiger partial charge in [0.1, 0.15) is 0 Å². The second kappa shape index (κ2) is 3.97. The SMILES string of the molecule is CC(C)=CC[C@@H]1C[C@H]2COC(=O)[C@@H]2[C@H]1O. The van der Waals surface area contributed by atoms with Gasteiger partial charge in [-0.2, -0.15) is 0 Å². The molecule has 0 aromatic rings. The number of rotatable bonds is 2. The lowest BCUT2D eigenvalue weighted by Gasteiger charge is -2.15. The van der Waals surface area contributed by atoms with Gasteiger partial charge < -0.3 is 9.84 Å². The smallest absolute Gasteiger partial charge is 0.312 e. The summed E-state index contributed by atoms with van der Waals surface area (Å²) in [6.45, 7) is 4.61. The van der Waals surface area contributed by atoms with Crippen LogP contribution >= 0.6 is 0 Å². The molecule has 2 aliphatic rings. The van der Waals surface area contributed by atoms with E-state index in [1.54, 1.807) is 0 Å². The number of allylic oxidation sites excluding steroid dienone is 2. The van der Waals surface area contributed by atoms with E-state index in [4.69, 9.17) is 4.74 Å². The van der Waals surface area contributed by atoms with Crippen LogP contribution in [0.4, 0.5) is 0 Å². The van der Waals surface area contributed by atoms with Crippen LogP contribution in [0.15, 0.2) is 11.6 Å². The predicted octanol–water partition coefficient (Wildman–Crippen LogP) is 1.51. The van der Waals surface area contributed by atoms with Crippen LogP contribution in [0.3, 0.4) is 0 Å². The Morgan fingerprint density at radius 2 is 2.33 bits per heavy atom. The minimum atomic E-state index is -0.499. The fraction of sp³-hybridized carbons (Fsp3) is 0.750. The number of aliphatic hydroxyl groups is 1. The Kier molecular flexibility index (Phi) is 2.83. The first-order valence-electron chi connectivity index (χ1n) is 5.57. The molecule has 15 heavy (non-hydrogen) atoms. The molecule has 1 saturated carbocycles. The maximum atomic E-state index is 11.4. The topological polar surface area (TPSA) is 46.5 Å². The number of esters is 1. The Balaban J connectivity index is 2.01. The number of carbonyl (C=O) groups is 1. The maximum Gasteiger partial charge on any atom is 0.312 e. The molecule has 3 heteroatoms. The van der Waals surface area contributed by atoms with Crippen molar-refractivity contribution in [3.8, 4) is 0 Å². The molecular formula is C12H18O3. The molecule has 1 aliphatic carbocycles. The van der Waals surface area contributed by atoms with Crippen LogP contribution in [0.25, 0.3) is 0 Å². The van der Waals surface area contributed by atoms with Gasteiger partial charge in [0.05, 0.1) is 18.6 Å². The lowest BCUT2D eigenvalue weighted by Crippen LogP contribution is -2.26.